The maximum atomic E-state index is 12.3. The molecule has 3 rings (SSSR count). The van der Waals surface area contributed by atoms with Crippen LogP contribution in [0.1, 0.15) is 28.1 Å². The van der Waals surface area contributed by atoms with Crippen molar-refractivity contribution in [2.24, 2.45) is 0 Å². The van der Waals surface area contributed by atoms with E-state index in [0.29, 0.717) is 5.56 Å². The number of hydrogen-bond donors (Lipinski definition) is 0. The maximum Gasteiger partial charge on any atom is 0.144 e. The van der Waals surface area contributed by atoms with Crippen molar-refractivity contribution in [3.05, 3.63) is 89.0 Å². The summed E-state index contributed by atoms with van der Waals surface area (Å²) in [6.45, 7) is 9.84. The van der Waals surface area contributed by atoms with Gasteiger partial charge in [0.2, 0.25) is 0 Å². The van der Waals surface area contributed by atoms with Crippen LogP contribution in [0.3, 0.4) is 0 Å². The average Bonchev–Trinajstić information content (AvgIpc) is 2.57. The van der Waals surface area contributed by atoms with Gasteiger partial charge in [-0.1, -0.05) is 12.1 Å². The Kier molecular flexibility index (Phi) is 8.26. The minimum Gasteiger partial charge on any atom is -0.262 e. The van der Waals surface area contributed by atoms with Crippen molar-refractivity contribution in [2.75, 3.05) is 0 Å². The van der Waals surface area contributed by atoms with Crippen molar-refractivity contribution >= 4 is 0 Å². The van der Waals surface area contributed by atoms with Crippen molar-refractivity contribution in [1.82, 2.24) is 15.0 Å². The monoisotopic (exact) mass is 325 g/mol. The smallest absolute Gasteiger partial charge is 0.144 e. The largest absolute Gasteiger partial charge is 0.262 e. The van der Waals surface area contributed by atoms with E-state index in [1.54, 1.807) is 19.2 Å². The summed E-state index contributed by atoms with van der Waals surface area (Å²) in [7, 11) is 0. The predicted molar refractivity (Wildman–Crippen MR) is 96.4 cm³/mol. The van der Waals surface area contributed by atoms with Crippen molar-refractivity contribution in [3.63, 3.8) is 0 Å². The second-order valence-corrected chi connectivity index (χ2v) is 5.44. The molecule has 0 fully saturated rings. The van der Waals surface area contributed by atoms with Gasteiger partial charge >= 0.3 is 0 Å². The Morgan fingerprint density at radius 2 is 1.17 bits per heavy atom. The van der Waals surface area contributed by atoms with E-state index in [1.807, 2.05) is 38.4 Å². The van der Waals surface area contributed by atoms with Crippen LogP contribution >= 0.6 is 0 Å². The molecule has 0 aliphatic heterocycles. The van der Waals surface area contributed by atoms with Crippen LogP contribution < -0.4 is 0 Å². The third-order valence-electron chi connectivity index (χ3n) is 3.52. The van der Waals surface area contributed by atoms with Crippen LogP contribution in [0, 0.1) is 40.4 Å². The summed E-state index contributed by atoms with van der Waals surface area (Å²) in [4.78, 5) is 11.7. The van der Waals surface area contributed by atoms with Crippen molar-refractivity contribution in [3.8, 4) is 0 Å². The van der Waals surface area contributed by atoms with E-state index in [1.165, 1.54) is 17.3 Å². The molecule has 4 heteroatoms. The van der Waals surface area contributed by atoms with E-state index in [-0.39, 0.29) is 5.82 Å². The van der Waals surface area contributed by atoms with Gasteiger partial charge in [-0.05, 0) is 69.5 Å². The van der Waals surface area contributed by atoms with Gasteiger partial charge < -0.3 is 0 Å². The van der Waals surface area contributed by atoms with Gasteiger partial charge in [-0.2, -0.15) is 0 Å². The molecule has 24 heavy (non-hydrogen) atoms. The zero-order valence-electron chi connectivity index (χ0n) is 14.9. The number of nitrogens with zero attached hydrogens (tertiary/aromatic N) is 3. The van der Waals surface area contributed by atoms with Gasteiger partial charge in [-0.15, -0.1) is 0 Å². The topological polar surface area (TPSA) is 38.7 Å². The summed E-state index contributed by atoms with van der Waals surface area (Å²) in [6.07, 6.45) is 6.39. The number of aromatic nitrogens is 3. The fourth-order valence-electron chi connectivity index (χ4n) is 1.57. The summed E-state index contributed by atoms with van der Waals surface area (Å²) in [5, 5.41) is 0. The Morgan fingerprint density at radius 3 is 1.42 bits per heavy atom. The van der Waals surface area contributed by atoms with Crippen molar-refractivity contribution in [2.45, 2.75) is 34.6 Å². The van der Waals surface area contributed by atoms with Gasteiger partial charge in [0, 0.05) is 30.0 Å². The Hall–Kier alpha value is -2.62. The highest BCUT2D eigenvalue weighted by molar-refractivity contribution is 5.15. The number of rotatable bonds is 0. The summed E-state index contributed by atoms with van der Waals surface area (Å²) >= 11 is 0. The molecule has 0 saturated carbocycles. The Morgan fingerprint density at radius 1 is 0.667 bits per heavy atom. The molecule has 0 spiro atoms. The highest BCUT2D eigenvalue weighted by Crippen LogP contribution is 2.00. The first-order chi connectivity index (χ1) is 11.4. The zero-order valence-corrected chi connectivity index (χ0v) is 14.9. The van der Waals surface area contributed by atoms with E-state index in [9.17, 15) is 4.39 Å². The second-order valence-electron chi connectivity index (χ2n) is 5.44. The van der Waals surface area contributed by atoms with Crippen LogP contribution in [0.4, 0.5) is 4.39 Å². The molecule has 0 aromatic carbocycles. The molecule has 3 aromatic heterocycles. The molecule has 0 radical (unpaired) electrons. The zero-order chi connectivity index (χ0) is 17.9. The lowest BCUT2D eigenvalue weighted by Gasteiger charge is -1.92. The summed E-state index contributed by atoms with van der Waals surface area (Å²) in [6, 6.07) is 9.64. The van der Waals surface area contributed by atoms with Crippen molar-refractivity contribution < 1.29 is 4.39 Å². The van der Waals surface area contributed by atoms with Gasteiger partial charge in [-0.25, -0.2) is 4.39 Å². The first-order valence-electron chi connectivity index (χ1n) is 7.74. The number of hydrogen-bond acceptors (Lipinski definition) is 3. The molecule has 0 aliphatic carbocycles. The molecule has 0 bridgehead atoms. The van der Waals surface area contributed by atoms with E-state index < -0.39 is 0 Å². The first kappa shape index (κ1) is 19.4. The minimum atomic E-state index is -0.243. The summed E-state index contributed by atoms with van der Waals surface area (Å²) in [5.41, 5.74) is 5.39. The van der Waals surface area contributed by atoms with Crippen LogP contribution in [-0.4, -0.2) is 15.0 Å². The molecule has 3 nitrogen and oxygen atoms in total. The van der Waals surface area contributed by atoms with Crippen LogP contribution in [0.5, 0.6) is 0 Å². The van der Waals surface area contributed by atoms with Crippen LogP contribution in [0.25, 0.3) is 0 Å². The number of halogens is 1. The molecule has 3 heterocycles. The maximum absolute atomic E-state index is 12.3. The normalized spacial score (nSPS) is 9.25. The first-order valence-corrected chi connectivity index (χ1v) is 7.74. The quantitative estimate of drug-likeness (QED) is 0.588. The van der Waals surface area contributed by atoms with Crippen molar-refractivity contribution in [1.29, 1.82) is 0 Å². The molecule has 3 aromatic rings. The lowest BCUT2D eigenvalue weighted by atomic mass is 10.2. The Labute approximate surface area is 143 Å². The van der Waals surface area contributed by atoms with E-state index in [2.05, 4.69) is 40.9 Å². The van der Waals surface area contributed by atoms with Gasteiger partial charge in [0.05, 0.1) is 6.20 Å². The third kappa shape index (κ3) is 7.09. The fraction of sp³-hybridized carbons (Fsp3) is 0.250. The lowest BCUT2D eigenvalue weighted by Crippen LogP contribution is -1.81. The Bertz CT molecular complexity index is 591. The molecule has 0 saturated heterocycles. The standard InChI is InChI=1S/2C7H9N.C6H6FN/c2*1-6-4-3-5-8-7(6)2;1-5-2-3-8-4-6(5)7/h2*3-5H,1-2H3;2-4H,1H3. The molecule has 0 unspecified atom stereocenters. The highest BCUT2D eigenvalue weighted by Gasteiger charge is 1.90. The lowest BCUT2D eigenvalue weighted by molar-refractivity contribution is 0.612. The molecule has 126 valence electrons. The average molecular weight is 325 g/mol. The molecule has 0 N–H and O–H groups in total. The Balaban J connectivity index is 0.000000180. The minimum absolute atomic E-state index is 0.243. The van der Waals surface area contributed by atoms with E-state index in [0.717, 1.165) is 11.4 Å². The predicted octanol–water partition coefficient (Wildman–Crippen LogP) is 4.93. The fourth-order valence-corrected chi connectivity index (χ4v) is 1.57. The van der Waals surface area contributed by atoms with Crippen LogP contribution in [-0.2, 0) is 0 Å². The second kappa shape index (κ2) is 10.2. The molecule has 0 atom stereocenters. The molecular formula is C20H24FN3. The summed E-state index contributed by atoms with van der Waals surface area (Å²) in [5.74, 6) is -0.243. The van der Waals surface area contributed by atoms with Crippen LogP contribution in [0.15, 0.2) is 55.1 Å². The summed E-state index contributed by atoms with van der Waals surface area (Å²) < 4.78 is 12.3. The van der Waals surface area contributed by atoms with E-state index >= 15 is 0 Å². The molecular weight excluding hydrogens is 301 g/mol. The van der Waals surface area contributed by atoms with Gasteiger partial charge in [-0.3, -0.25) is 15.0 Å². The molecule has 0 amide bonds. The number of pyridine rings is 3. The SMILES string of the molecule is Cc1cccnc1C.Cc1cccnc1C.Cc1ccncc1F. The van der Waals surface area contributed by atoms with Gasteiger partial charge in [0.15, 0.2) is 0 Å². The van der Waals surface area contributed by atoms with E-state index in [4.69, 9.17) is 0 Å². The molecule has 0 aliphatic rings. The van der Waals surface area contributed by atoms with Gasteiger partial charge in [0.1, 0.15) is 5.82 Å². The van der Waals surface area contributed by atoms with Gasteiger partial charge in [0.25, 0.3) is 0 Å². The number of aryl methyl sites for hydroxylation is 5. The highest BCUT2D eigenvalue weighted by atomic mass is 19.1. The van der Waals surface area contributed by atoms with Crippen LogP contribution in [0.2, 0.25) is 0 Å². The third-order valence-corrected chi connectivity index (χ3v) is 3.52.